The first-order valence-corrected chi connectivity index (χ1v) is 12.0. The van der Waals surface area contributed by atoms with Gasteiger partial charge < -0.3 is 9.80 Å². The van der Waals surface area contributed by atoms with Gasteiger partial charge in [0.15, 0.2) is 0 Å². The first kappa shape index (κ1) is 22.5. The Bertz CT molecular complexity index is 812. The van der Waals surface area contributed by atoms with Gasteiger partial charge in [-0.15, -0.1) is 11.3 Å². The summed E-state index contributed by atoms with van der Waals surface area (Å²) < 4.78 is 0. The van der Waals surface area contributed by atoms with Crippen LogP contribution in [0.4, 0.5) is 0 Å². The molecule has 5 heteroatoms. The molecule has 0 aliphatic heterocycles. The van der Waals surface area contributed by atoms with Crippen LogP contribution in [-0.2, 0) is 22.7 Å². The maximum absolute atomic E-state index is 13.4. The van der Waals surface area contributed by atoms with Crippen LogP contribution in [0.25, 0.3) is 0 Å². The fourth-order valence-corrected chi connectivity index (χ4v) is 5.11. The van der Waals surface area contributed by atoms with Crippen molar-refractivity contribution < 1.29 is 9.59 Å². The van der Waals surface area contributed by atoms with E-state index in [1.54, 1.807) is 11.3 Å². The van der Waals surface area contributed by atoms with Gasteiger partial charge in [0, 0.05) is 28.8 Å². The van der Waals surface area contributed by atoms with E-state index < -0.39 is 0 Å². The monoisotopic (exact) mass is 426 g/mol. The summed E-state index contributed by atoms with van der Waals surface area (Å²) in [5.41, 5.74) is 1.11. The first-order chi connectivity index (χ1) is 14.6. The lowest BCUT2D eigenvalue weighted by Gasteiger charge is -2.31. The van der Waals surface area contributed by atoms with Gasteiger partial charge in [-0.05, 0) is 43.9 Å². The zero-order valence-electron chi connectivity index (χ0n) is 18.3. The Balaban J connectivity index is 1.72. The van der Waals surface area contributed by atoms with E-state index >= 15 is 0 Å². The average molecular weight is 427 g/mol. The summed E-state index contributed by atoms with van der Waals surface area (Å²) in [6.45, 7) is 6.14. The second-order valence-electron chi connectivity index (χ2n) is 8.34. The molecule has 0 N–H and O–H groups in total. The Morgan fingerprint density at radius 1 is 0.967 bits per heavy atom. The zero-order chi connectivity index (χ0) is 21.3. The summed E-state index contributed by atoms with van der Waals surface area (Å²) in [5, 5.41) is 0. The number of hydrogen-bond donors (Lipinski definition) is 0. The van der Waals surface area contributed by atoms with Crippen molar-refractivity contribution >= 4 is 23.2 Å². The highest BCUT2D eigenvalue weighted by Gasteiger charge is 2.28. The molecule has 0 bridgehead atoms. The second-order valence-corrected chi connectivity index (χ2v) is 9.71. The maximum atomic E-state index is 13.4. The molecule has 0 saturated heterocycles. The number of benzene rings is 1. The van der Waals surface area contributed by atoms with E-state index in [2.05, 4.69) is 38.1 Å². The van der Waals surface area contributed by atoms with E-state index in [4.69, 9.17) is 0 Å². The predicted molar refractivity (Wildman–Crippen MR) is 123 cm³/mol. The smallest absolute Gasteiger partial charge is 0.242 e. The van der Waals surface area contributed by atoms with Gasteiger partial charge >= 0.3 is 0 Å². The molecular weight excluding hydrogens is 392 g/mol. The van der Waals surface area contributed by atoms with Crippen molar-refractivity contribution in [3.8, 4) is 0 Å². The lowest BCUT2D eigenvalue weighted by molar-refractivity contribution is -0.144. The molecule has 1 aliphatic rings. The van der Waals surface area contributed by atoms with Crippen molar-refractivity contribution in [2.45, 2.75) is 65.5 Å². The molecule has 0 atom stereocenters. The molecule has 2 amide bonds. The van der Waals surface area contributed by atoms with Gasteiger partial charge in [-0.25, -0.2) is 0 Å². The van der Waals surface area contributed by atoms with E-state index in [9.17, 15) is 9.59 Å². The van der Waals surface area contributed by atoms with E-state index in [0.29, 0.717) is 19.6 Å². The van der Waals surface area contributed by atoms with Crippen molar-refractivity contribution in [3.63, 3.8) is 0 Å². The van der Waals surface area contributed by atoms with Gasteiger partial charge in [-0.3, -0.25) is 9.59 Å². The predicted octanol–water partition coefficient (Wildman–Crippen LogP) is 5.40. The molecule has 1 aromatic heterocycles. The zero-order valence-corrected chi connectivity index (χ0v) is 19.1. The molecule has 1 aromatic carbocycles. The third-order valence-electron chi connectivity index (χ3n) is 5.80. The molecule has 0 spiro atoms. The van der Waals surface area contributed by atoms with Crippen LogP contribution in [-0.4, -0.2) is 34.7 Å². The van der Waals surface area contributed by atoms with Gasteiger partial charge in [-0.1, -0.05) is 56.5 Å². The number of thiophene rings is 1. The molecular formula is C25H34N2O2S. The Morgan fingerprint density at radius 2 is 1.70 bits per heavy atom. The molecule has 0 radical (unpaired) electrons. The Labute approximate surface area is 184 Å². The number of hydrogen-bond acceptors (Lipinski definition) is 3. The van der Waals surface area contributed by atoms with Gasteiger partial charge in [0.2, 0.25) is 11.8 Å². The van der Waals surface area contributed by atoms with Crippen LogP contribution in [0.5, 0.6) is 0 Å². The standard InChI is InChI=1S/C25H34N2O2S/c1-3-16-26(25(29)22-12-8-5-9-13-22)19-24(28)27(17-21-10-6-4-7-11-21)18-23-15-14-20(2)30-23/h4,6-7,10-11,14-15,22H,3,5,8-9,12-13,16-19H2,1-2H3. The second kappa shape index (κ2) is 11.3. The molecule has 1 fully saturated rings. The average Bonchev–Trinajstić information content (AvgIpc) is 3.18. The summed E-state index contributed by atoms with van der Waals surface area (Å²) in [7, 11) is 0. The maximum Gasteiger partial charge on any atom is 0.242 e. The number of amides is 2. The van der Waals surface area contributed by atoms with Crippen molar-refractivity contribution in [3.05, 3.63) is 57.8 Å². The summed E-state index contributed by atoms with van der Waals surface area (Å²) in [6, 6.07) is 14.3. The van der Waals surface area contributed by atoms with Crippen molar-refractivity contribution in [2.24, 2.45) is 5.92 Å². The van der Waals surface area contributed by atoms with Crippen molar-refractivity contribution in [2.75, 3.05) is 13.1 Å². The molecule has 1 aliphatic carbocycles. The summed E-state index contributed by atoms with van der Waals surface area (Å²) in [5.74, 6) is 0.305. The SMILES string of the molecule is CCCN(CC(=O)N(Cc1ccccc1)Cc1ccc(C)s1)C(=O)C1CCCCC1. The minimum absolute atomic E-state index is 0.0301. The summed E-state index contributed by atoms with van der Waals surface area (Å²) in [4.78, 5) is 32.6. The quantitative estimate of drug-likeness (QED) is 0.538. The highest BCUT2D eigenvalue weighted by molar-refractivity contribution is 7.11. The van der Waals surface area contributed by atoms with Crippen LogP contribution in [0.2, 0.25) is 0 Å². The normalized spacial score (nSPS) is 14.5. The fraction of sp³-hybridized carbons (Fsp3) is 0.520. The van der Waals surface area contributed by atoms with E-state index in [1.165, 1.54) is 16.2 Å². The molecule has 3 rings (SSSR count). The number of nitrogens with zero attached hydrogens (tertiary/aromatic N) is 2. The molecule has 1 heterocycles. The lowest BCUT2D eigenvalue weighted by Crippen LogP contribution is -2.45. The first-order valence-electron chi connectivity index (χ1n) is 11.2. The number of rotatable bonds is 9. The molecule has 162 valence electrons. The van der Waals surface area contributed by atoms with Gasteiger partial charge in [0.1, 0.15) is 0 Å². The lowest BCUT2D eigenvalue weighted by atomic mass is 9.88. The third kappa shape index (κ3) is 6.43. The number of carbonyl (C=O) groups is 2. The van der Waals surface area contributed by atoms with Crippen LogP contribution in [0.3, 0.4) is 0 Å². The van der Waals surface area contributed by atoms with E-state index in [0.717, 1.165) is 37.7 Å². The van der Waals surface area contributed by atoms with Crippen molar-refractivity contribution in [1.82, 2.24) is 9.80 Å². The highest BCUT2D eigenvalue weighted by atomic mass is 32.1. The molecule has 1 saturated carbocycles. The molecule has 0 unspecified atom stereocenters. The topological polar surface area (TPSA) is 40.6 Å². The van der Waals surface area contributed by atoms with Crippen LogP contribution >= 0.6 is 11.3 Å². The Morgan fingerprint density at radius 3 is 2.33 bits per heavy atom. The Kier molecular flexibility index (Phi) is 8.50. The number of carbonyl (C=O) groups excluding carboxylic acids is 2. The third-order valence-corrected chi connectivity index (χ3v) is 6.78. The van der Waals surface area contributed by atoms with Crippen LogP contribution in [0.1, 0.15) is 60.8 Å². The van der Waals surface area contributed by atoms with Gasteiger partial charge in [0.05, 0.1) is 13.1 Å². The van der Waals surface area contributed by atoms with Gasteiger partial charge in [0.25, 0.3) is 0 Å². The summed E-state index contributed by atoms with van der Waals surface area (Å²) in [6.07, 6.45) is 6.28. The van der Waals surface area contributed by atoms with Crippen LogP contribution in [0.15, 0.2) is 42.5 Å². The Hall–Kier alpha value is -2.14. The summed E-state index contributed by atoms with van der Waals surface area (Å²) >= 11 is 1.73. The van der Waals surface area contributed by atoms with E-state index in [-0.39, 0.29) is 24.3 Å². The van der Waals surface area contributed by atoms with Crippen LogP contribution < -0.4 is 0 Å². The van der Waals surface area contributed by atoms with Crippen LogP contribution in [0, 0.1) is 12.8 Å². The molecule has 2 aromatic rings. The highest BCUT2D eigenvalue weighted by Crippen LogP contribution is 2.26. The fourth-order valence-electron chi connectivity index (χ4n) is 4.20. The molecule has 30 heavy (non-hydrogen) atoms. The minimum Gasteiger partial charge on any atom is -0.333 e. The van der Waals surface area contributed by atoms with Gasteiger partial charge in [-0.2, -0.15) is 0 Å². The minimum atomic E-state index is 0.0301. The number of aryl methyl sites for hydroxylation is 1. The molecule has 4 nitrogen and oxygen atoms in total. The largest absolute Gasteiger partial charge is 0.333 e. The van der Waals surface area contributed by atoms with E-state index in [1.807, 2.05) is 28.0 Å². The van der Waals surface area contributed by atoms with Crippen molar-refractivity contribution in [1.29, 1.82) is 0 Å².